The van der Waals surface area contributed by atoms with Gasteiger partial charge in [0, 0.05) is 0 Å². The molecule has 5 aliphatic rings. The lowest BCUT2D eigenvalue weighted by Crippen LogP contribution is -2.57. The molecule has 4 aliphatic carbocycles. The Morgan fingerprint density at radius 1 is 0.926 bits per heavy atom. The molecule has 1 aliphatic heterocycles. The highest BCUT2D eigenvalue weighted by molar-refractivity contribution is 5.67. The van der Waals surface area contributed by atoms with Crippen LogP contribution in [0.3, 0.4) is 0 Å². The third-order valence-corrected chi connectivity index (χ3v) is 9.99. The van der Waals surface area contributed by atoms with Crippen LogP contribution in [0, 0.1) is 46.3 Å². The van der Waals surface area contributed by atoms with Crippen LogP contribution in [0.5, 0.6) is 0 Å². The number of rotatable bonds is 2. The van der Waals surface area contributed by atoms with Gasteiger partial charge in [0.1, 0.15) is 0 Å². The van der Waals surface area contributed by atoms with Crippen molar-refractivity contribution < 1.29 is 15.1 Å². The second kappa shape index (κ2) is 6.19. The zero-order chi connectivity index (χ0) is 18.9. The van der Waals surface area contributed by atoms with Gasteiger partial charge >= 0.3 is 0 Å². The van der Waals surface area contributed by atoms with Gasteiger partial charge in [-0.2, -0.15) is 0 Å². The van der Waals surface area contributed by atoms with Crippen LogP contribution < -0.4 is 0 Å². The van der Waals surface area contributed by atoms with Gasteiger partial charge in [0.05, 0.1) is 30.4 Å². The molecule has 4 saturated carbocycles. The van der Waals surface area contributed by atoms with E-state index in [4.69, 9.17) is 4.74 Å². The molecule has 1 saturated heterocycles. The van der Waals surface area contributed by atoms with E-state index in [2.05, 4.69) is 19.0 Å². The number of hydrogen-bond donors (Lipinski definition) is 2. The van der Waals surface area contributed by atoms with Gasteiger partial charge in [0.2, 0.25) is 0 Å². The number of aliphatic hydroxyl groups is 1. The van der Waals surface area contributed by atoms with Crippen LogP contribution in [-0.4, -0.2) is 35.3 Å². The van der Waals surface area contributed by atoms with E-state index in [0.717, 1.165) is 55.6 Å². The average molecular weight is 376 g/mol. The second-order valence-electron chi connectivity index (χ2n) is 11.3. The molecule has 152 valence electrons. The van der Waals surface area contributed by atoms with Gasteiger partial charge in [0.25, 0.3) is 0 Å². The molecular formula is C23H37NO3. The largest absolute Gasteiger partial charge is 0.411 e. The summed E-state index contributed by atoms with van der Waals surface area (Å²) >= 11 is 0. The fourth-order valence-corrected chi connectivity index (χ4v) is 8.84. The number of fused-ring (bicyclic) bond motifs is 5. The Balaban J connectivity index is 1.38. The third-order valence-electron chi connectivity index (χ3n) is 9.99. The molecule has 5 rings (SSSR count). The topological polar surface area (TPSA) is 62.1 Å². The van der Waals surface area contributed by atoms with E-state index in [1.165, 1.54) is 44.9 Å². The first-order chi connectivity index (χ1) is 12.9. The average Bonchev–Trinajstić information content (AvgIpc) is 2.94. The molecule has 2 N–H and O–H groups in total. The molecule has 0 radical (unpaired) electrons. The molecule has 1 heterocycles. The Morgan fingerprint density at radius 3 is 2.41 bits per heavy atom. The smallest absolute Gasteiger partial charge is 0.0622 e. The maximum Gasteiger partial charge on any atom is 0.0622 e. The summed E-state index contributed by atoms with van der Waals surface area (Å²) in [5.41, 5.74) is -0.0686. The maximum atomic E-state index is 10.6. The summed E-state index contributed by atoms with van der Waals surface area (Å²) in [6.07, 6.45) is 13.1. The molecule has 0 aromatic rings. The Morgan fingerprint density at radius 2 is 1.70 bits per heavy atom. The van der Waals surface area contributed by atoms with Crippen molar-refractivity contribution in [3.05, 3.63) is 0 Å². The minimum atomic E-state index is -0.421. The fraction of sp³-hybridized carbons (Fsp3) is 0.957. The normalized spacial score (nSPS) is 54.0. The quantitative estimate of drug-likeness (QED) is 0.425. The van der Waals surface area contributed by atoms with Gasteiger partial charge in [-0.1, -0.05) is 6.92 Å². The SMILES string of the molecule is C[C@@]1(O)CC[C@H]2[C@H](CC[C@@H]3[C@@H]2CC[C@]2(C)[C@@H](C4(C=NO)COC4)CC[C@@H]32)C1. The van der Waals surface area contributed by atoms with Crippen molar-refractivity contribution >= 4 is 6.21 Å². The monoisotopic (exact) mass is 375 g/mol. The van der Waals surface area contributed by atoms with Crippen LogP contribution in [-0.2, 0) is 4.74 Å². The van der Waals surface area contributed by atoms with Crippen LogP contribution in [0.15, 0.2) is 5.16 Å². The standard InChI is InChI=1S/C23H37NO3/c1-21(25)9-7-16-15(11-21)3-4-18-17(16)8-10-22(2)19(18)5-6-20(22)23(12-24-26)13-27-14-23/h12,15-20,25-26H,3-11,13-14H2,1-2H3/t15-,16+,17-,18-,19+,20+,21-,22+/m1/s1. The first kappa shape index (κ1) is 18.4. The molecule has 0 spiro atoms. The number of ether oxygens (including phenoxy) is 1. The van der Waals surface area contributed by atoms with E-state index in [0.29, 0.717) is 11.3 Å². The molecule has 27 heavy (non-hydrogen) atoms. The Labute approximate surface area is 163 Å². The Hall–Kier alpha value is -0.610. The predicted octanol–water partition coefficient (Wildman–Crippen LogP) is 4.48. The molecule has 0 aromatic heterocycles. The van der Waals surface area contributed by atoms with Gasteiger partial charge in [-0.25, -0.2) is 0 Å². The number of nitrogens with zero attached hydrogens (tertiary/aromatic N) is 1. The lowest BCUT2D eigenvalue weighted by Gasteiger charge is -2.59. The van der Waals surface area contributed by atoms with E-state index in [9.17, 15) is 10.3 Å². The van der Waals surface area contributed by atoms with Crippen LogP contribution in [0.1, 0.15) is 71.6 Å². The van der Waals surface area contributed by atoms with Crippen molar-refractivity contribution in [3.63, 3.8) is 0 Å². The molecule has 4 heteroatoms. The maximum absolute atomic E-state index is 10.6. The molecule has 5 fully saturated rings. The zero-order valence-electron chi connectivity index (χ0n) is 17.1. The van der Waals surface area contributed by atoms with Crippen molar-refractivity contribution in [2.45, 2.75) is 77.2 Å². The highest BCUT2D eigenvalue weighted by Crippen LogP contribution is 2.67. The predicted molar refractivity (Wildman–Crippen MR) is 105 cm³/mol. The first-order valence-corrected chi connectivity index (χ1v) is 11.4. The Bertz CT molecular complexity index is 613. The third kappa shape index (κ3) is 2.65. The molecule has 4 nitrogen and oxygen atoms in total. The molecule has 0 aromatic carbocycles. The summed E-state index contributed by atoms with van der Waals surface area (Å²) in [7, 11) is 0. The fourth-order valence-electron chi connectivity index (χ4n) is 8.84. The van der Waals surface area contributed by atoms with E-state index in [1.54, 1.807) is 6.21 Å². The summed E-state index contributed by atoms with van der Waals surface area (Å²) in [5, 5.41) is 23.3. The highest BCUT2D eigenvalue weighted by Gasteiger charge is 2.62. The van der Waals surface area contributed by atoms with Gasteiger partial charge in [-0.15, -0.1) is 5.16 Å². The van der Waals surface area contributed by atoms with Crippen LogP contribution >= 0.6 is 0 Å². The summed E-state index contributed by atoms with van der Waals surface area (Å²) in [6.45, 7) is 6.07. The molecule has 0 amide bonds. The van der Waals surface area contributed by atoms with Crippen LogP contribution in [0.4, 0.5) is 0 Å². The van der Waals surface area contributed by atoms with Gasteiger partial charge in [-0.05, 0) is 106 Å². The summed E-state index contributed by atoms with van der Waals surface area (Å²) in [4.78, 5) is 0. The Kier molecular flexibility index (Phi) is 4.22. The molecule has 0 bridgehead atoms. The minimum Gasteiger partial charge on any atom is -0.411 e. The van der Waals surface area contributed by atoms with Gasteiger partial charge in [-0.3, -0.25) is 0 Å². The lowest BCUT2D eigenvalue weighted by molar-refractivity contribution is -0.148. The molecular weight excluding hydrogens is 338 g/mol. The summed E-state index contributed by atoms with van der Waals surface area (Å²) in [5.74, 6) is 4.80. The van der Waals surface area contributed by atoms with Crippen LogP contribution in [0.25, 0.3) is 0 Å². The zero-order valence-corrected chi connectivity index (χ0v) is 17.1. The molecule has 8 atom stereocenters. The molecule has 0 unspecified atom stereocenters. The van der Waals surface area contributed by atoms with Crippen molar-refractivity contribution in [1.82, 2.24) is 0 Å². The van der Waals surface area contributed by atoms with Crippen molar-refractivity contribution in [2.75, 3.05) is 13.2 Å². The summed E-state index contributed by atoms with van der Waals surface area (Å²) < 4.78 is 5.60. The van der Waals surface area contributed by atoms with E-state index >= 15 is 0 Å². The van der Waals surface area contributed by atoms with Gasteiger partial charge < -0.3 is 15.1 Å². The van der Waals surface area contributed by atoms with Crippen LogP contribution in [0.2, 0.25) is 0 Å². The van der Waals surface area contributed by atoms with Gasteiger partial charge in [0.15, 0.2) is 0 Å². The highest BCUT2D eigenvalue weighted by atomic mass is 16.5. The number of oxime groups is 1. The first-order valence-electron chi connectivity index (χ1n) is 11.4. The van der Waals surface area contributed by atoms with Crippen molar-refractivity contribution in [3.8, 4) is 0 Å². The van der Waals surface area contributed by atoms with E-state index in [-0.39, 0.29) is 5.41 Å². The van der Waals surface area contributed by atoms with Crippen molar-refractivity contribution in [2.24, 2.45) is 51.5 Å². The number of hydrogen-bond acceptors (Lipinski definition) is 4. The van der Waals surface area contributed by atoms with E-state index < -0.39 is 5.60 Å². The van der Waals surface area contributed by atoms with E-state index in [1.807, 2.05) is 0 Å². The second-order valence-corrected chi connectivity index (χ2v) is 11.3. The minimum absolute atomic E-state index is 0.0220. The summed E-state index contributed by atoms with van der Waals surface area (Å²) in [6, 6.07) is 0. The van der Waals surface area contributed by atoms with Crippen molar-refractivity contribution in [1.29, 1.82) is 0 Å². The lowest BCUT2D eigenvalue weighted by atomic mass is 9.47.